The molecule has 6 rings (SSSR count). The van der Waals surface area contributed by atoms with Crippen molar-refractivity contribution in [3.05, 3.63) is 77.2 Å². The zero-order chi connectivity index (χ0) is 60.5. The van der Waals surface area contributed by atoms with Crippen molar-refractivity contribution in [2.75, 3.05) is 182 Å². The number of amides is 2. The largest absolute Gasteiger partial charge is 0.494 e. The molecule has 84 heavy (non-hydrogen) atoms. The number of hydrogen-bond acceptors (Lipinski definition) is 18. The fraction of sp³-hybridized carbons (Fsp3) is 0.596. The Bertz CT molecular complexity index is 2630. The Hall–Kier alpha value is -6.61. The van der Waals surface area contributed by atoms with Gasteiger partial charge in [0.2, 0.25) is 11.8 Å². The smallest absolute Gasteiger partial charge is 0.416 e. The highest BCUT2D eigenvalue weighted by Gasteiger charge is 2.45. The van der Waals surface area contributed by atoms with Gasteiger partial charge in [0.05, 0.1) is 108 Å². The van der Waals surface area contributed by atoms with Crippen LogP contribution in [0.3, 0.4) is 0 Å². The molecule has 3 aromatic rings. The van der Waals surface area contributed by atoms with Crippen LogP contribution in [0.15, 0.2) is 54.7 Å². The fourth-order valence-corrected chi connectivity index (χ4v) is 10.4. The van der Waals surface area contributed by atoms with Gasteiger partial charge >= 0.3 is 24.1 Å². The molecule has 3 saturated heterocycles. The molecule has 4 heterocycles. The SMILES string of the molecule is CCOc1cccc(-c2ncc(C3(C(=O)NC4CCN(CCOCCOCCOCCOCCNC(=O)CN5CCN(CC(=O)O)CCN(CC(=O)O)CCN(CC(=O)O)CC5)C4)CCN(c4ccc(C(F)(F)F)cc4C#N)CC3)cc2F)c1. The maximum absolute atomic E-state index is 16.1. The number of alkyl halides is 3. The molecule has 5 N–H and O–H groups in total. The maximum atomic E-state index is 16.1. The summed E-state index contributed by atoms with van der Waals surface area (Å²) < 4.78 is 85.0. The number of pyridine rings is 1. The third-order valence-corrected chi connectivity index (χ3v) is 14.9. The number of carbonyl (C=O) groups excluding carboxylic acids is 2. The molecule has 3 aliphatic rings. The number of aliphatic carboxylic acids is 3. The quantitative estimate of drug-likeness (QED) is 0.0474. The number of piperidine rings is 1. The van der Waals surface area contributed by atoms with Crippen molar-refractivity contribution in [3.8, 4) is 23.1 Å². The Morgan fingerprint density at radius 3 is 1.77 bits per heavy atom. The third-order valence-electron chi connectivity index (χ3n) is 14.9. The summed E-state index contributed by atoms with van der Waals surface area (Å²) in [6.07, 6.45) is -2.10. The topological polar surface area (TPSA) is 272 Å². The average molecular weight is 1190 g/mol. The number of nitriles is 1. The molecule has 3 fully saturated rings. The molecule has 0 radical (unpaired) electrons. The second-order valence-corrected chi connectivity index (χ2v) is 20.8. The summed E-state index contributed by atoms with van der Waals surface area (Å²) in [5.74, 6) is -3.77. The number of ether oxygens (including phenoxy) is 5. The third kappa shape index (κ3) is 21.5. The molecule has 3 aliphatic heterocycles. The number of carbonyl (C=O) groups is 5. The second kappa shape index (κ2) is 33.8. The highest BCUT2D eigenvalue weighted by molar-refractivity contribution is 5.89. The van der Waals surface area contributed by atoms with Crippen LogP contribution < -0.4 is 20.3 Å². The van der Waals surface area contributed by atoms with Crippen molar-refractivity contribution < 1.29 is 80.5 Å². The van der Waals surface area contributed by atoms with E-state index in [0.717, 1.165) is 12.1 Å². The van der Waals surface area contributed by atoms with Crippen molar-refractivity contribution in [2.24, 2.45) is 0 Å². The summed E-state index contributed by atoms with van der Waals surface area (Å²) in [7, 11) is 0. The van der Waals surface area contributed by atoms with Gasteiger partial charge in [0.15, 0.2) is 0 Å². The monoisotopic (exact) mass is 1190 g/mol. The van der Waals surface area contributed by atoms with Crippen LogP contribution in [0.1, 0.15) is 42.9 Å². The average Bonchev–Trinajstić information content (AvgIpc) is 4.00. The summed E-state index contributed by atoms with van der Waals surface area (Å²) >= 11 is 0. The zero-order valence-electron chi connectivity index (χ0n) is 47.5. The molecule has 0 bridgehead atoms. The van der Waals surface area contributed by atoms with Gasteiger partial charge in [0.25, 0.3) is 0 Å². The van der Waals surface area contributed by atoms with Gasteiger partial charge in [-0.3, -0.25) is 53.5 Å². The summed E-state index contributed by atoms with van der Waals surface area (Å²) in [6.45, 7) is 8.94. The van der Waals surface area contributed by atoms with Crippen molar-refractivity contribution in [1.29, 1.82) is 5.26 Å². The van der Waals surface area contributed by atoms with Crippen LogP contribution in [0.2, 0.25) is 0 Å². The molecule has 27 heteroatoms. The molecular weight excluding hydrogens is 1110 g/mol. The predicted molar refractivity (Wildman–Crippen MR) is 298 cm³/mol. The number of aromatic nitrogens is 1. The summed E-state index contributed by atoms with van der Waals surface area (Å²) in [5, 5.41) is 44.1. The van der Waals surface area contributed by atoms with Crippen molar-refractivity contribution in [1.82, 2.24) is 40.1 Å². The number of carboxylic acids is 3. The first kappa shape index (κ1) is 66.5. The van der Waals surface area contributed by atoms with E-state index in [9.17, 15) is 57.7 Å². The number of rotatable bonds is 30. The number of carboxylic acid groups (broad SMARTS) is 3. The van der Waals surface area contributed by atoms with Gasteiger partial charge in [-0.15, -0.1) is 0 Å². The van der Waals surface area contributed by atoms with E-state index in [0.29, 0.717) is 121 Å². The number of halogens is 4. The minimum Gasteiger partial charge on any atom is -0.494 e. The maximum Gasteiger partial charge on any atom is 0.416 e. The molecular formula is C57H78F4N10O13. The first-order valence-electron chi connectivity index (χ1n) is 28.3. The van der Waals surface area contributed by atoms with Crippen molar-refractivity contribution >= 4 is 35.4 Å². The second-order valence-electron chi connectivity index (χ2n) is 20.8. The van der Waals surface area contributed by atoms with Crippen molar-refractivity contribution in [2.45, 2.75) is 43.8 Å². The van der Waals surface area contributed by atoms with Gasteiger partial charge in [-0.1, -0.05) is 12.1 Å². The lowest BCUT2D eigenvalue weighted by Crippen LogP contribution is -2.54. The Kier molecular flexibility index (Phi) is 26.7. The molecule has 0 saturated carbocycles. The summed E-state index contributed by atoms with van der Waals surface area (Å²) in [5.41, 5.74) is -1.03. The van der Waals surface area contributed by atoms with E-state index < -0.39 is 40.9 Å². The lowest BCUT2D eigenvalue weighted by molar-refractivity contribution is -0.140. The highest BCUT2D eigenvalue weighted by atomic mass is 19.4. The Labute approximate surface area is 486 Å². The Morgan fingerprint density at radius 1 is 0.702 bits per heavy atom. The van der Waals surface area contributed by atoms with Crippen LogP contribution in [0.25, 0.3) is 11.3 Å². The zero-order valence-corrected chi connectivity index (χ0v) is 47.5. The molecule has 1 aromatic heterocycles. The van der Waals surface area contributed by atoms with E-state index in [4.69, 9.17) is 23.7 Å². The normalized spacial score (nSPS) is 18.1. The lowest BCUT2D eigenvalue weighted by Gasteiger charge is -2.42. The predicted octanol–water partition coefficient (Wildman–Crippen LogP) is 2.56. The highest BCUT2D eigenvalue weighted by Crippen LogP contribution is 2.41. The van der Waals surface area contributed by atoms with E-state index >= 15 is 4.39 Å². The number of hydrogen-bond donors (Lipinski definition) is 5. The van der Waals surface area contributed by atoms with Crippen LogP contribution >= 0.6 is 0 Å². The van der Waals surface area contributed by atoms with Gasteiger partial charge in [-0.2, -0.15) is 18.4 Å². The van der Waals surface area contributed by atoms with Crippen LogP contribution in [0, 0.1) is 17.1 Å². The van der Waals surface area contributed by atoms with E-state index in [-0.39, 0.29) is 127 Å². The molecule has 1 unspecified atom stereocenters. The van der Waals surface area contributed by atoms with Crippen LogP contribution in [-0.2, 0) is 54.5 Å². The lowest BCUT2D eigenvalue weighted by atomic mass is 9.72. The standard InChI is InChI=1S/C57H78F4N10O13/c1-2-84-47-5-3-4-42(33-47)54-48(58)34-45(36-64-54)56(9-13-71(14-10-56)49-7-6-44(57(59,60)61)32-43(49)35-62)55(79)65-46-8-12-66(37-46)23-25-81-27-29-83-31-30-82-28-26-80-24-11-63-50(72)38-67-15-17-68(39-51(73)74)19-21-70(41-53(77)78)22-20-69(18-16-67)40-52(75)76/h3-7,32-34,36,46H,2,8-31,37-41H2,1H3,(H,63,72)(H,65,79)(H,73,74)(H,75,76)(H,77,78). The van der Waals surface area contributed by atoms with Crippen LogP contribution in [-0.4, -0.2) is 258 Å². The number of benzene rings is 2. The number of nitrogens with zero attached hydrogens (tertiary/aromatic N) is 8. The van der Waals surface area contributed by atoms with E-state index in [1.54, 1.807) is 43.9 Å². The molecule has 0 aliphatic carbocycles. The van der Waals surface area contributed by atoms with E-state index in [2.05, 4.69) is 20.5 Å². The molecule has 2 aromatic carbocycles. The van der Waals surface area contributed by atoms with Gasteiger partial charge in [-0.25, -0.2) is 4.39 Å². The van der Waals surface area contributed by atoms with Gasteiger partial charge < -0.3 is 54.5 Å². The fourth-order valence-electron chi connectivity index (χ4n) is 10.4. The minimum absolute atomic E-state index is 0.00387. The van der Waals surface area contributed by atoms with Gasteiger partial charge in [-0.05, 0) is 68.1 Å². The van der Waals surface area contributed by atoms with E-state index in [1.165, 1.54) is 18.3 Å². The van der Waals surface area contributed by atoms with Crippen LogP contribution in [0.5, 0.6) is 5.75 Å². The molecule has 1 atom stereocenters. The Morgan fingerprint density at radius 2 is 1.25 bits per heavy atom. The van der Waals surface area contributed by atoms with Gasteiger partial charge in [0, 0.05) is 109 Å². The summed E-state index contributed by atoms with van der Waals surface area (Å²) in [6, 6.07) is 13.0. The van der Waals surface area contributed by atoms with Gasteiger partial charge in [0.1, 0.15) is 23.3 Å². The summed E-state index contributed by atoms with van der Waals surface area (Å²) in [4.78, 5) is 77.4. The molecule has 462 valence electrons. The molecule has 0 spiro atoms. The Balaban J connectivity index is 0.861. The van der Waals surface area contributed by atoms with E-state index in [1.807, 2.05) is 17.9 Å². The first-order chi connectivity index (χ1) is 40.3. The number of anilines is 1. The molecule has 23 nitrogen and oxygen atoms in total. The number of likely N-dealkylation sites (tertiary alicyclic amines) is 1. The first-order valence-corrected chi connectivity index (χ1v) is 28.3. The molecule has 2 amide bonds. The number of nitrogens with one attached hydrogen (secondary N) is 2. The van der Waals surface area contributed by atoms with Crippen LogP contribution in [0.4, 0.5) is 23.2 Å². The van der Waals surface area contributed by atoms with Crippen molar-refractivity contribution in [3.63, 3.8) is 0 Å². The minimum atomic E-state index is -4.63.